The summed E-state index contributed by atoms with van der Waals surface area (Å²) in [5.41, 5.74) is 3.89. The standard InChI is InChI=1S/C42H53N7O8/c1-28-9-7-10-29(2)38(28)45-40(51)32-27-43-42(46-41(32)57-33-12-11-30(23-34(33)52-4)24-37(50)49-18-21-55-22-19-49)44-31-25-35(53-5)39(54-6)36(26-31)56-20-8-13-48-16-14-47(3)15-17-48/h7,9-12,23,25-27H,8,13-22,24H2,1-6H3,(H,45,51)(H,43,44,46). The summed E-state index contributed by atoms with van der Waals surface area (Å²) in [4.78, 5) is 42.6. The van der Waals surface area contributed by atoms with Crippen molar-refractivity contribution < 1.29 is 38.0 Å². The molecule has 2 aliphatic heterocycles. The van der Waals surface area contributed by atoms with Gasteiger partial charge in [0.15, 0.2) is 23.0 Å². The molecule has 0 saturated carbocycles. The zero-order valence-electron chi connectivity index (χ0n) is 33.7. The van der Waals surface area contributed by atoms with Gasteiger partial charge in [0, 0.05) is 75.5 Å². The fourth-order valence-electron chi connectivity index (χ4n) is 6.74. The van der Waals surface area contributed by atoms with Crippen LogP contribution in [0.15, 0.2) is 54.7 Å². The van der Waals surface area contributed by atoms with Gasteiger partial charge in [0.25, 0.3) is 5.91 Å². The molecule has 0 aliphatic carbocycles. The van der Waals surface area contributed by atoms with Gasteiger partial charge in [0.1, 0.15) is 5.56 Å². The van der Waals surface area contributed by atoms with Gasteiger partial charge in [-0.05, 0) is 56.1 Å². The predicted octanol–water partition coefficient (Wildman–Crippen LogP) is 5.33. The fourth-order valence-corrected chi connectivity index (χ4v) is 6.74. The van der Waals surface area contributed by atoms with Crippen molar-refractivity contribution in [3.63, 3.8) is 0 Å². The Morgan fingerprint density at radius 1 is 0.842 bits per heavy atom. The zero-order chi connectivity index (χ0) is 40.3. The summed E-state index contributed by atoms with van der Waals surface area (Å²) in [7, 11) is 6.79. The topological polar surface area (TPSA) is 149 Å². The van der Waals surface area contributed by atoms with Crippen LogP contribution in [0.3, 0.4) is 0 Å². The van der Waals surface area contributed by atoms with E-state index in [4.69, 9.17) is 28.4 Å². The van der Waals surface area contributed by atoms with E-state index in [0.29, 0.717) is 73.0 Å². The highest BCUT2D eigenvalue weighted by Crippen LogP contribution is 2.41. The minimum absolute atomic E-state index is 0.000342. The van der Waals surface area contributed by atoms with Crippen LogP contribution in [-0.2, 0) is 16.0 Å². The normalized spacial score (nSPS) is 14.8. The van der Waals surface area contributed by atoms with Crippen LogP contribution in [0.25, 0.3) is 0 Å². The number of morpholine rings is 1. The van der Waals surface area contributed by atoms with Crippen molar-refractivity contribution in [1.82, 2.24) is 24.7 Å². The maximum absolute atomic E-state index is 13.9. The summed E-state index contributed by atoms with van der Waals surface area (Å²) in [5.74, 6) is 1.74. The molecular formula is C42H53N7O8. The molecule has 57 heavy (non-hydrogen) atoms. The number of aryl methyl sites for hydroxylation is 2. The van der Waals surface area contributed by atoms with Gasteiger partial charge in [0.2, 0.25) is 23.5 Å². The predicted molar refractivity (Wildman–Crippen MR) is 217 cm³/mol. The molecule has 15 heteroatoms. The molecule has 6 rings (SSSR count). The SMILES string of the molecule is COc1cc(CC(=O)N2CCOCC2)ccc1Oc1nc(Nc2cc(OC)c(OC)c(OCCCN3CCN(C)CC3)c2)ncc1C(=O)Nc1c(C)cccc1C. The summed E-state index contributed by atoms with van der Waals surface area (Å²) in [6.45, 7) is 11.6. The van der Waals surface area contributed by atoms with E-state index < -0.39 is 5.91 Å². The van der Waals surface area contributed by atoms with Crippen LogP contribution in [0.1, 0.15) is 33.5 Å². The summed E-state index contributed by atoms with van der Waals surface area (Å²) in [6, 6.07) is 14.6. The first-order valence-corrected chi connectivity index (χ1v) is 19.2. The van der Waals surface area contributed by atoms with E-state index in [1.807, 2.05) is 32.0 Å². The molecule has 2 fully saturated rings. The molecule has 2 N–H and O–H groups in total. The van der Waals surface area contributed by atoms with E-state index >= 15 is 0 Å². The molecule has 2 saturated heterocycles. The summed E-state index contributed by atoms with van der Waals surface area (Å²) in [6.07, 6.45) is 2.44. The number of rotatable bonds is 16. The molecule has 0 radical (unpaired) electrons. The van der Waals surface area contributed by atoms with Crippen LogP contribution < -0.4 is 34.3 Å². The number of benzene rings is 3. The average molecular weight is 784 g/mol. The number of aromatic nitrogens is 2. The largest absolute Gasteiger partial charge is 0.493 e. The van der Waals surface area contributed by atoms with Crippen LogP contribution in [0.4, 0.5) is 17.3 Å². The van der Waals surface area contributed by atoms with Gasteiger partial charge >= 0.3 is 0 Å². The third kappa shape index (κ3) is 10.6. The van der Waals surface area contributed by atoms with Crippen LogP contribution in [0.2, 0.25) is 0 Å². The molecule has 4 aromatic rings. The number of hydrogen-bond donors (Lipinski definition) is 2. The number of hydrogen-bond acceptors (Lipinski definition) is 13. The van der Waals surface area contributed by atoms with Gasteiger partial charge in [-0.3, -0.25) is 9.59 Å². The monoisotopic (exact) mass is 783 g/mol. The zero-order valence-corrected chi connectivity index (χ0v) is 33.7. The Labute approximate surface area is 334 Å². The number of piperazine rings is 1. The van der Waals surface area contributed by atoms with Gasteiger partial charge in [0.05, 0.1) is 47.6 Å². The van der Waals surface area contributed by atoms with E-state index in [1.165, 1.54) is 13.3 Å². The number of ether oxygens (including phenoxy) is 6. The Kier molecular flexibility index (Phi) is 14.0. The number of amides is 2. The molecule has 3 aromatic carbocycles. The highest BCUT2D eigenvalue weighted by atomic mass is 16.5. The van der Waals surface area contributed by atoms with Crippen molar-refractivity contribution in [3.05, 3.63) is 77.0 Å². The van der Waals surface area contributed by atoms with Crippen LogP contribution in [0.5, 0.6) is 34.6 Å². The van der Waals surface area contributed by atoms with Crippen molar-refractivity contribution in [2.45, 2.75) is 26.7 Å². The van der Waals surface area contributed by atoms with Gasteiger partial charge in [-0.2, -0.15) is 4.98 Å². The maximum Gasteiger partial charge on any atom is 0.262 e. The third-order valence-corrected chi connectivity index (χ3v) is 10.0. The first kappa shape index (κ1) is 41.0. The highest BCUT2D eigenvalue weighted by molar-refractivity contribution is 6.06. The van der Waals surface area contributed by atoms with Crippen LogP contribution in [-0.4, -0.2) is 130 Å². The lowest BCUT2D eigenvalue weighted by Crippen LogP contribution is -2.44. The van der Waals surface area contributed by atoms with E-state index in [2.05, 4.69) is 37.4 Å². The second-order valence-electron chi connectivity index (χ2n) is 14.1. The fraction of sp³-hybridized carbons (Fsp3) is 0.429. The molecule has 0 unspecified atom stereocenters. The Morgan fingerprint density at radius 2 is 1.56 bits per heavy atom. The molecule has 15 nitrogen and oxygen atoms in total. The number of likely N-dealkylation sites (N-methyl/N-ethyl adjacent to an activating group) is 1. The molecule has 2 amide bonds. The number of anilines is 3. The molecule has 2 aliphatic rings. The van der Waals surface area contributed by atoms with Crippen molar-refractivity contribution in [2.75, 3.05) is 105 Å². The lowest BCUT2D eigenvalue weighted by atomic mass is 10.1. The molecule has 0 spiro atoms. The minimum atomic E-state index is -0.459. The molecule has 0 bridgehead atoms. The average Bonchev–Trinajstić information content (AvgIpc) is 3.22. The summed E-state index contributed by atoms with van der Waals surface area (Å²) >= 11 is 0. The number of nitrogens with zero attached hydrogens (tertiary/aromatic N) is 5. The Bertz CT molecular complexity index is 1990. The lowest BCUT2D eigenvalue weighted by Gasteiger charge is -2.32. The van der Waals surface area contributed by atoms with Gasteiger partial charge < -0.3 is 53.8 Å². The molecular weight excluding hydrogens is 731 g/mol. The molecule has 3 heterocycles. The highest BCUT2D eigenvalue weighted by Gasteiger charge is 2.23. The smallest absolute Gasteiger partial charge is 0.262 e. The lowest BCUT2D eigenvalue weighted by molar-refractivity contribution is -0.134. The number of methoxy groups -OCH3 is 3. The Morgan fingerprint density at radius 3 is 2.26 bits per heavy atom. The summed E-state index contributed by atoms with van der Waals surface area (Å²) < 4.78 is 35.1. The van der Waals surface area contributed by atoms with Crippen molar-refractivity contribution in [2.24, 2.45) is 0 Å². The van der Waals surface area contributed by atoms with E-state index in [-0.39, 0.29) is 29.7 Å². The van der Waals surface area contributed by atoms with Crippen molar-refractivity contribution in [1.29, 1.82) is 0 Å². The van der Waals surface area contributed by atoms with E-state index in [0.717, 1.165) is 55.8 Å². The quantitative estimate of drug-likeness (QED) is 0.141. The number of carbonyl (C=O) groups excluding carboxylic acids is 2. The minimum Gasteiger partial charge on any atom is -0.493 e. The number of carbonyl (C=O) groups is 2. The molecule has 304 valence electrons. The van der Waals surface area contributed by atoms with Crippen molar-refractivity contribution >= 4 is 29.1 Å². The van der Waals surface area contributed by atoms with Crippen molar-refractivity contribution in [3.8, 4) is 34.6 Å². The second-order valence-corrected chi connectivity index (χ2v) is 14.1. The number of para-hydroxylation sites is 1. The molecule has 1 aromatic heterocycles. The first-order valence-electron chi connectivity index (χ1n) is 19.2. The Hall–Kier alpha value is -5.64. The van der Waals surface area contributed by atoms with E-state index in [1.54, 1.807) is 49.5 Å². The number of nitrogens with one attached hydrogen (secondary N) is 2. The van der Waals surface area contributed by atoms with Gasteiger partial charge in [-0.25, -0.2) is 4.98 Å². The Balaban J connectivity index is 1.25. The summed E-state index contributed by atoms with van der Waals surface area (Å²) in [5, 5.41) is 6.23. The maximum atomic E-state index is 13.9. The van der Waals surface area contributed by atoms with Crippen LogP contribution >= 0.6 is 0 Å². The van der Waals surface area contributed by atoms with Crippen LogP contribution in [0, 0.1) is 13.8 Å². The second kappa shape index (κ2) is 19.5. The first-order chi connectivity index (χ1) is 27.6. The molecule has 0 atom stereocenters. The van der Waals surface area contributed by atoms with Gasteiger partial charge in [-0.15, -0.1) is 0 Å². The third-order valence-electron chi connectivity index (χ3n) is 10.0. The van der Waals surface area contributed by atoms with E-state index in [9.17, 15) is 9.59 Å². The van der Waals surface area contributed by atoms with Gasteiger partial charge in [-0.1, -0.05) is 24.3 Å².